The minimum Gasteiger partial charge on any atom is -0.493 e. The zero-order valence-electron chi connectivity index (χ0n) is 17.8. The maximum absolute atomic E-state index is 13.0. The molecule has 3 aromatic rings. The minimum absolute atomic E-state index is 0.155. The molecule has 3 rings (SSSR count). The average Bonchev–Trinajstić information content (AvgIpc) is 3.12. The predicted molar refractivity (Wildman–Crippen MR) is 114 cm³/mol. The van der Waals surface area contributed by atoms with Crippen LogP contribution in [-0.2, 0) is 14.3 Å². The van der Waals surface area contributed by atoms with Gasteiger partial charge >= 0.3 is 5.97 Å². The number of para-hydroxylation sites is 1. The van der Waals surface area contributed by atoms with Gasteiger partial charge in [0.05, 0.1) is 39.4 Å². The minimum atomic E-state index is -0.823. The normalized spacial score (nSPS) is 11.6. The summed E-state index contributed by atoms with van der Waals surface area (Å²) >= 11 is 0. The summed E-state index contributed by atoms with van der Waals surface area (Å²) in [6, 6.07) is 11.5. The molecule has 162 valence electrons. The molecule has 2 N–H and O–H groups in total. The quantitative estimate of drug-likeness (QED) is 0.327. The molecule has 1 aromatic heterocycles. The van der Waals surface area contributed by atoms with E-state index in [1.54, 1.807) is 37.3 Å². The monoisotopic (exact) mass is 424 g/mol. The van der Waals surface area contributed by atoms with E-state index >= 15 is 0 Å². The van der Waals surface area contributed by atoms with Gasteiger partial charge in [0.25, 0.3) is 11.7 Å². The van der Waals surface area contributed by atoms with E-state index < -0.39 is 23.7 Å². The second kappa shape index (κ2) is 9.34. The van der Waals surface area contributed by atoms with Crippen molar-refractivity contribution in [1.82, 2.24) is 10.3 Å². The van der Waals surface area contributed by atoms with Gasteiger partial charge in [-0.15, -0.1) is 0 Å². The summed E-state index contributed by atoms with van der Waals surface area (Å²) in [5.74, 6) is -1.11. The van der Waals surface area contributed by atoms with Crippen molar-refractivity contribution in [3.8, 4) is 11.5 Å². The van der Waals surface area contributed by atoms with Crippen LogP contribution in [0.5, 0.6) is 11.5 Å². The predicted octanol–water partition coefficient (Wildman–Crippen LogP) is 3.10. The van der Waals surface area contributed by atoms with Crippen LogP contribution in [0.1, 0.15) is 34.1 Å². The standard InChI is InChI=1S/C23H24N2O6/c1-13-21(15-7-5-6-8-16(15)24-13)22(27)23(28)25-17(12-20(26)31-4)14-9-10-18(29-2)19(11-14)30-3/h5-11,17,24H,12H2,1-4H3,(H,25,28). The summed E-state index contributed by atoms with van der Waals surface area (Å²) in [5, 5.41) is 3.33. The molecule has 0 saturated heterocycles. The van der Waals surface area contributed by atoms with Gasteiger partial charge in [0.15, 0.2) is 11.5 Å². The zero-order chi connectivity index (χ0) is 22.5. The van der Waals surface area contributed by atoms with Crippen LogP contribution >= 0.6 is 0 Å². The number of esters is 1. The summed E-state index contributed by atoms with van der Waals surface area (Å²) in [6.07, 6.45) is -0.155. The van der Waals surface area contributed by atoms with Gasteiger partial charge in [-0.3, -0.25) is 14.4 Å². The number of Topliss-reactive ketones (excluding diaryl/α,β-unsaturated/α-hetero) is 1. The first-order chi connectivity index (χ1) is 14.9. The summed E-state index contributed by atoms with van der Waals surface area (Å²) in [7, 11) is 4.25. The van der Waals surface area contributed by atoms with Crippen LogP contribution in [0.4, 0.5) is 0 Å². The third-order valence-electron chi connectivity index (χ3n) is 5.04. The Hall–Kier alpha value is -3.81. The lowest BCUT2D eigenvalue weighted by Crippen LogP contribution is -2.35. The number of benzene rings is 2. The number of fused-ring (bicyclic) bond motifs is 1. The summed E-state index contributed by atoms with van der Waals surface area (Å²) in [5.41, 5.74) is 2.23. The van der Waals surface area contributed by atoms with Gasteiger partial charge in [-0.1, -0.05) is 24.3 Å². The van der Waals surface area contributed by atoms with Crippen LogP contribution in [0.3, 0.4) is 0 Å². The van der Waals surface area contributed by atoms with Gasteiger partial charge in [-0.05, 0) is 30.7 Å². The Bertz CT molecular complexity index is 1130. The van der Waals surface area contributed by atoms with Crippen molar-refractivity contribution in [3.63, 3.8) is 0 Å². The highest BCUT2D eigenvalue weighted by Gasteiger charge is 2.27. The van der Waals surface area contributed by atoms with Crippen molar-refractivity contribution in [2.24, 2.45) is 0 Å². The molecule has 0 saturated carbocycles. The van der Waals surface area contributed by atoms with Crippen LogP contribution in [0.2, 0.25) is 0 Å². The van der Waals surface area contributed by atoms with Gasteiger partial charge in [0.2, 0.25) is 0 Å². The molecule has 8 heteroatoms. The largest absolute Gasteiger partial charge is 0.493 e. The first-order valence-electron chi connectivity index (χ1n) is 9.60. The number of aryl methyl sites for hydroxylation is 1. The van der Waals surface area contributed by atoms with Gasteiger partial charge in [0, 0.05) is 16.6 Å². The van der Waals surface area contributed by atoms with E-state index in [1.165, 1.54) is 21.3 Å². The van der Waals surface area contributed by atoms with Gasteiger partial charge in [-0.25, -0.2) is 0 Å². The number of hydrogen-bond acceptors (Lipinski definition) is 6. The number of ketones is 1. The second-order valence-electron chi connectivity index (χ2n) is 6.92. The number of carbonyl (C=O) groups is 3. The van der Waals surface area contributed by atoms with Gasteiger partial charge in [0.1, 0.15) is 0 Å². The lowest BCUT2D eigenvalue weighted by Gasteiger charge is -2.19. The molecule has 2 aromatic carbocycles. The number of carbonyl (C=O) groups excluding carboxylic acids is 3. The maximum Gasteiger partial charge on any atom is 0.307 e. The van der Waals surface area contributed by atoms with E-state index in [1.807, 2.05) is 12.1 Å². The summed E-state index contributed by atoms with van der Waals surface area (Å²) in [4.78, 5) is 41.0. The molecular weight excluding hydrogens is 400 g/mol. The van der Waals surface area contributed by atoms with E-state index in [0.29, 0.717) is 33.7 Å². The fourth-order valence-corrected chi connectivity index (χ4v) is 3.48. The second-order valence-corrected chi connectivity index (χ2v) is 6.92. The Labute approximate surface area is 179 Å². The highest BCUT2D eigenvalue weighted by molar-refractivity contribution is 6.45. The molecule has 8 nitrogen and oxygen atoms in total. The number of rotatable bonds is 8. The Balaban J connectivity index is 1.92. The highest BCUT2D eigenvalue weighted by atomic mass is 16.5. The fraction of sp³-hybridized carbons (Fsp3) is 0.261. The molecule has 1 atom stereocenters. The van der Waals surface area contributed by atoms with Crippen LogP contribution in [0.25, 0.3) is 10.9 Å². The van der Waals surface area contributed by atoms with E-state index in [-0.39, 0.29) is 6.42 Å². The Morgan fingerprint density at radius 2 is 1.71 bits per heavy atom. The summed E-state index contributed by atoms with van der Waals surface area (Å²) in [6.45, 7) is 1.74. The molecule has 0 bridgehead atoms. The molecule has 0 radical (unpaired) electrons. The summed E-state index contributed by atoms with van der Waals surface area (Å²) < 4.78 is 15.3. The number of nitrogens with one attached hydrogen (secondary N) is 2. The Morgan fingerprint density at radius 1 is 1.00 bits per heavy atom. The van der Waals surface area contributed by atoms with Crippen molar-refractivity contribution < 1.29 is 28.6 Å². The maximum atomic E-state index is 13.0. The molecule has 0 aliphatic carbocycles. The van der Waals surface area contributed by atoms with Crippen LogP contribution in [0.15, 0.2) is 42.5 Å². The number of amides is 1. The Morgan fingerprint density at radius 3 is 2.39 bits per heavy atom. The molecule has 31 heavy (non-hydrogen) atoms. The molecule has 1 unspecified atom stereocenters. The average molecular weight is 424 g/mol. The van der Waals surface area contributed by atoms with Gasteiger partial charge < -0.3 is 24.5 Å². The van der Waals surface area contributed by atoms with E-state index in [9.17, 15) is 14.4 Å². The van der Waals surface area contributed by atoms with Crippen molar-refractivity contribution in [2.45, 2.75) is 19.4 Å². The third kappa shape index (κ3) is 4.53. The first-order valence-corrected chi connectivity index (χ1v) is 9.60. The lowest BCUT2D eigenvalue weighted by molar-refractivity contribution is -0.141. The van der Waals surface area contributed by atoms with Gasteiger partial charge in [-0.2, -0.15) is 0 Å². The van der Waals surface area contributed by atoms with E-state index in [4.69, 9.17) is 14.2 Å². The molecule has 0 spiro atoms. The molecule has 0 fully saturated rings. The highest BCUT2D eigenvalue weighted by Crippen LogP contribution is 2.31. The number of hydrogen-bond donors (Lipinski definition) is 2. The molecule has 1 heterocycles. The zero-order valence-corrected chi connectivity index (χ0v) is 17.8. The first kappa shape index (κ1) is 21.9. The van der Waals surface area contributed by atoms with E-state index in [0.717, 1.165) is 5.52 Å². The number of ether oxygens (including phenoxy) is 3. The van der Waals surface area contributed by atoms with Crippen molar-refractivity contribution in [2.75, 3.05) is 21.3 Å². The third-order valence-corrected chi connectivity index (χ3v) is 5.04. The number of H-pyrrole nitrogens is 1. The molecule has 0 aliphatic rings. The van der Waals surface area contributed by atoms with Crippen molar-refractivity contribution in [3.05, 3.63) is 59.3 Å². The fourth-order valence-electron chi connectivity index (χ4n) is 3.48. The molecule has 1 amide bonds. The van der Waals surface area contributed by atoms with Crippen molar-refractivity contribution in [1.29, 1.82) is 0 Å². The SMILES string of the molecule is COC(=O)CC(NC(=O)C(=O)c1c(C)[nH]c2ccccc12)c1ccc(OC)c(OC)c1. The molecular formula is C23H24N2O6. The number of aromatic amines is 1. The Kier molecular flexibility index (Phi) is 6.59. The van der Waals surface area contributed by atoms with Crippen LogP contribution in [-0.4, -0.2) is 44.0 Å². The van der Waals surface area contributed by atoms with Crippen LogP contribution in [0, 0.1) is 6.92 Å². The lowest BCUT2D eigenvalue weighted by atomic mass is 10.0. The smallest absolute Gasteiger partial charge is 0.307 e. The van der Waals surface area contributed by atoms with E-state index in [2.05, 4.69) is 10.3 Å². The topological polar surface area (TPSA) is 107 Å². The molecule has 0 aliphatic heterocycles. The van der Waals surface area contributed by atoms with Crippen molar-refractivity contribution >= 4 is 28.6 Å². The van der Waals surface area contributed by atoms with Crippen LogP contribution < -0.4 is 14.8 Å². The number of methoxy groups -OCH3 is 3. The number of aromatic nitrogens is 1.